The molecule has 0 heterocycles. The Balaban J connectivity index is 3.68. The van der Waals surface area contributed by atoms with E-state index in [-0.39, 0.29) is 18.5 Å². The Morgan fingerprint density at radius 2 is 0.867 bits per heavy atom. The minimum atomic E-state index is -0.427. The van der Waals surface area contributed by atoms with Crippen LogP contribution in [0.1, 0.15) is 194 Å². The van der Waals surface area contributed by atoms with E-state index in [9.17, 15) is 9.59 Å². The Kier molecular flexibility index (Phi) is 35.5. The van der Waals surface area contributed by atoms with Crippen LogP contribution < -0.4 is 5.32 Å². The van der Waals surface area contributed by atoms with Gasteiger partial charge in [0.2, 0.25) is 0 Å². The van der Waals surface area contributed by atoms with E-state index in [1.807, 2.05) is 7.05 Å². The molecule has 5 heteroatoms. The van der Waals surface area contributed by atoms with Crippen molar-refractivity contribution < 1.29 is 19.1 Å². The van der Waals surface area contributed by atoms with Gasteiger partial charge in [0.1, 0.15) is 12.7 Å². The molecule has 0 rings (SSSR count). The van der Waals surface area contributed by atoms with Gasteiger partial charge in [-0.05, 0) is 71.3 Å². The van der Waals surface area contributed by atoms with Crippen molar-refractivity contribution in [2.24, 2.45) is 0 Å². The Bertz CT molecular complexity index is 690. The molecular weight excluding hydrogens is 558 g/mol. The quantitative estimate of drug-likeness (QED) is 0.0427. The number of nitrogens with one attached hydrogen (secondary N) is 1. The fourth-order valence-corrected chi connectivity index (χ4v) is 5.55. The van der Waals surface area contributed by atoms with E-state index in [1.165, 1.54) is 128 Å². The van der Waals surface area contributed by atoms with E-state index in [0.29, 0.717) is 19.4 Å². The number of ether oxygens (including phenoxy) is 2. The van der Waals surface area contributed by atoms with Crippen LogP contribution in [-0.4, -0.2) is 38.2 Å². The number of esters is 2. The zero-order valence-corrected chi connectivity index (χ0v) is 30.2. The molecule has 1 atom stereocenters. The average molecular weight is 634 g/mol. The molecule has 0 aliphatic heterocycles. The normalized spacial score (nSPS) is 12.3. The molecule has 0 amide bonds. The van der Waals surface area contributed by atoms with Crippen LogP contribution in [0.25, 0.3) is 0 Å². The number of hydrogen-bond donors (Lipinski definition) is 1. The maximum absolute atomic E-state index is 12.3. The van der Waals surface area contributed by atoms with Crippen molar-refractivity contribution in [3.05, 3.63) is 24.3 Å². The van der Waals surface area contributed by atoms with E-state index in [4.69, 9.17) is 9.47 Å². The van der Waals surface area contributed by atoms with Crippen LogP contribution in [0.15, 0.2) is 24.3 Å². The molecule has 0 aromatic heterocycles. The third-order valence-corrected chi connectivity index (χ3v) is 8.45. The van der Waals surface area contributed by atoms with Crippen molar-refractivity contribution in [3.8, 4) is 0 Å². The Morgan fingerprint density at radius 3 is 1.27 bits per heavy atom. The van der Waals surface area contributed by atoms with Gasteiger partial charge in [-0.2, -0.15) is 0 Å². The van der Waals surface area contributed by atoms with Crippen LogP contribution in [0.2, 0.25) is 0 Å². The largest absolute Gasteiger partial charge is 0.462 e. The summed E-state index contributed by atoms with van der Waals surface area (Å²) in [5, 5.41) is 3.04. The summed E-state index contributed by atoms with van der Waals surface area (Å²) < 4.78 is 11.0. The summed E-state index contributed by atoms with van der Waals surface area (Å²) in [5.74, 6) is -0.386. The summed E-state index contributed by atoms with van der Waals surface area (Å²) in [6.07, 6.45) is 42.0. The van der Waals surface area contributed by atoms with Crippen LogP contribution in [0, 0.1) is 0 Å². The monoisotopic (exact) mass is 634 g/mol. The fraction of sp³-hybridized carbons (Fsp3) is 0.850. The highest BCUT2D eigenvalue weighted by Crippen LogP contribution is 2.12. The third-order valence-electron chi connectivity index (χ3n) is 8.45. The average Bonchev–Trinajstić information content (AvgIpc) is 3.03. The lowest BCUT2D eigenvalue weighted by molar-refractivity contribution is -0.159. The van der Waals surface area contributed by atoms with E-state index in [1.54, 1.807) is 0 Å². The number of carbonyl (C=O) groups excluding carboxylic acids is 2. The van der Waals surface area contributed by atoms with E-state index < -0.39 is 6.10 Å². The first-order chi connectivity index (χ1) is 22.1. The second-order valence-corrected chi connectivity index (χ2v) is 13.0. The molecule has 0 bridgehead atoms. The molecule has 45 heavy (non-hydrogen) atoms. The summed E-state index contributed by atoms with van der Waals surface area (Å²) in [4.78, 5) is 24.5. The smallest absolute Gasteiger partial charge is 0.306 e. The van der Waals surface area contributed by atoms with Crippen molar-refractivity contribution in [1.82, 2.24) is 5.32 Å². The van der Waals surface area contributed by atoms with Crippen molar-refractivity contribution >= 4 is 11.9 Å². The number of hydrogen-bond acceptors (Lipinski definition) is 5. The molecule has 1 unspecified atom stereocenters. The van der Waals surface area contributed by atoms with Gasteiger partial charge in [0.25, 0.3) is 0 Å². The predicted octanol–water partition coefficient (Wildman–Crippen LogP) is 11.7. The summed E-state index contributed by atoms with van der Waals surface area (Å²) >= 11 is 0. The predicted molar refractivity (Wildman–Crippen MR) is 194 cm³/mol. The molecule has 1 N–H and O–H groups in total. The summed E-state index contributed by atoms with van der Waals surface area (Å²) in [6, 6.07) is 0. The Labute approximate surface area is 280 Å². The first-order valence-electron chi connectivity index (χ1n) is 19.4. The molecule has 264 valence electrons. The first kappa shape index (κ1) is 43.4. The van der Waals surface area contributed by atoms with Gasteiger partial charge in [0.15, 0.2) is 0 Å². The zero-order valence-electron chi connectivity index (χ0n) is 30.2. The standard InChI is InChI=1S/C40H75NO4/c1-4-6-8-10-12-14-16-18-20-22-24-26-28-30-32-34-39(42)44-37-38(36-41-3)45-40(43)35-33-31-29-27-25-23-21-19-17-15-13-11-9-7-5-2/h18-21,38,41H,4-17,22-37H2,1-3H3/b20-18-,21-19-. The van der Waals surface area contributed by atoms with E-state index in [0.717, 1.165) is 38.5 Å². The second-order valence-electron chi connectivity index (χ2n) is 13.0. The van der Waals surface area contributed by atoms with Crippen LogP contribution in [0.5, 0.6) is 0 Å². The van der Waals surface area contributed by atoms with Crippen LogP contribution >= 0.6 is 0 Å². The maximum Gasteiger partial charge on any atom is 0.306 e. The van der Waals surface area contributed by atoms with E-state index in [2.05, 4.69) is 43.5 Å². The number of rotatable bonds is 35. The minimum absolute atomic E-state index is 0.128. The Hall–Kier alpha value is -1.62. The van der Waals surface area contributed by atoms with Crippen LogP contribution in [0.3, 0.4) is 0 Å². The lowest BCUT2D eigenvalue weighted by Gasteiger charge is -2.17. The van der Waals surface area contributed by atoms with E-state index >= 15 is 0 Å². The van der Waals surface area contributed by atoms with Gasteiger partial charge in [-0.25, -0.2) is 0 Å². The molecule has 0 spiro atoms. The Morgan fingerprint density at radius 1 is 0.511 bits per heavy atom. The van der Waals surface area contributed by atoms with Crippen molar-refractivity contribution in [1.29, 1.82) is 0 Å². The van der Waals surface area contributed by atoms with Crippen molar-refractivity contribution in [2.75, 3.05) is 20.2 Å². The van der Waals surface area contributed by atoms with Gasteiger partial charge in [-0.15, -0.1) is 0 Å². The number of carbonyl (C=O) groups is 2. The molecule has 0 aliphatic rings. The molecule has 5 nitrogen and oxygen atoms in total. The molecule has 0 aromatic carbocycles. The molecular formula is C40H75NO4. The molecule has 0 saturated carbocycles. The highest BCUT2D eigenvalue weighted by atomic mass is 16.6. The van der Waals surface area contributed by atoms with Gasteiger partial charge < -0.3 is 14.8 Å². The van der Waals surface area contributed by atoms with Gasteiger partial charge in [0.05, 0.1) is 0 Å². The van der Waals surface area contributed by atoms with Crippen molar-refractivity contribution in [3.63, 3.8) is 0 Å². The number of allylic oxidation sites excluding steroid dienone is 4. The zero-order chi connectivity index (χ0) is 32.9. The first-order valence-corrected chi connectivity index (χ1v) is 19.4. The fourth-order valence-electron chi connectivity index (χ4n) is 5.55. The molecule has 0 aliphatic carbocycles. The highest BCUT2D eigenvalue weighted by Gasteiger charge is 2.16. The molecule has 0 radical (unpaired) electrons. The SMILES string of the molecule is CCCCCCCC/C=C\CCCCCCCC(=O)OCC(CNC)OC(=O)CCCCCCC/C=C\CCCCCCCC. The lowest BCUT2D eigenvalue weighted by atomic mass is 10.1. The maximum atomic E-state index is 12.3. The molecule has 0 aromatic rings. The summed E-state index contributed by atoms with van der Waals surface area (Å²) in [7, 11) is 1.82. The van der Waals surface area contributed by atoms with Crippen molar-refractivity contribution in [2.45, 2.75) is 200 Å². The lowest BCUT2D eigenvalue weighted by Crippen LogP contribution is -2.33. The highest BCUT2D eigenvalue weighted by molar-refractivity contribution is 5.70. The number of unbranched alkanes of at least 4 members (excludes halogenated alkanes) is 22. The van der Waals surface area contributed by atoms with Gasteiger partial charge >= 0.3 is 11.9 Å². The molecule has 0 fully saturated rings. The topological polar surface area (TPSA) is 64.6 Å². The van der Waals surface area contributed by atoms with Gasteiger partial charge in [0, 0.05) is 19.4 Å². The van der Waals surface area contributed by atoms with Gasteiger partial charge in [-0.3, -0.25) is 9.59 Å². The van der Waals surface area contributed by atoms with Crippen LogP contribution in [0.4, 0.5) is 0 Å². The second kappa shape index (κ2) is 36.8. The minimum Gasteiger partial charge on any atom is -0.462 e. The molecule has 0 saturated heterocycles. The third kappa shape index (κ3) is 35.1. The summed E-state index contributed by atoms with van der Waals surface area (Å²) in [5.41, 5.74) is 0. The van der Waals surface area contributed by atoms with Crippen LogP contribution in [-0.2, 0) is 19.1 Å². The summed E-state index contributed by atoms with van der Waals surface area (Å²) in [6.45, 7) is 5.14. The number of likely N-dealkylation sites (N-methyl/N-ethyl adjacent to an activating group) is 1. The van der Waals surface area contributed by atoms with Gasteiger partial charge in [-0.1, -0.05) is 141 Å².